The summed E-state index contributed by atoms with van der Waals surface area (Å²) in [6.07, 6.45) is 27.0. The van der Waals surface area contributed by atoms with Gasteiger partial charge in [0, 0.05) is 12.6 Å². The molecule has 0 aromatic heterocycles. The summed E-state index contributed by atoms with van der Waals surface area (Å²) in [5.41, 5.74) is 7.12. The first kappa shape index (κ1) is 46.8. The summed E-state index contributed by atoms with van der Waals surface area (Å²) >= 11 is 0. The predicted molar refractivity (Wildman–Crippen MR) is 222 cm³/mol. The van der Waals surface area contributed by atoms with Gasteiger partial charge in [0.25, 0.3) is 0 Å². The molecule has 3 nitrogen and oxygen atoms in total. The third-order valence-corrected chi connectivity index (χ3v) is 11.5. The Hall–Kier alpha value is -1.22. The Morgan fingerprint density at radius 2 is 0.640 bits per heavy atom. The van der Waals surface area contributed by atoms with E-state index in [4.69, 9.17) is 15.2 Å². The molecule has 0 aliphatic heterocycles. The van der Waals surface area contributed by atoms with E-state index in [1.807, 2.05) is 0 Å². The summed E-state index contributed by atoms with van der Waals surface area (Å²) in [4.78, 5) is 0. The van der Waals surface area contributed by atoms with Gasteiger partial charge in [-0.3, -0.25) is 0 Å². The third kappa shape index (κ3) is 26.5. The van der Waals surface area contributed by atoms with Gasteiger partial charge in [0.2, 0.25) is 0 Å². The van der Waals surface area contributed by atoms with Crippen LogP contribution in [-0.2, 0) is 6.54 Å². The normalized spacial score (nSPS) is 15.6. The van der Waals surface area contributed by atoms with Crippen LogP contribution in [-0.4, -0.2) is 13.2 Å². The average molecular weight is 700 g/mol. The van der Waals surface area contributed by atoms with Gasteiger partial charge < -0.3 is 15.2 Å². The molecule has 0 saturated heterocycles. The van der Waals surface area contributed by atoms with Crippen molar-refractivity contribution < 1.29 is 9.47 Å². The minimum atomic E-state index is 0.505. The maximum absolute atomic E-state index is 6.24. The number of benzene rings is 1. The number of ether oxygens (including phenoxy) is 2. The molecule has 0 heterocycles. The smallest absolute Gasteiger partial charge is 0.123 e. The van der Waals surface area contributed by atoms with Gasteiger partial charge >= 0.3 is 0 Å². The Morgan fingerprint density at radius 1 is 0.380 bits per heavy atom. The van der Waals surface area contributed by atoms with Gasteiger partial charge in [-0.15, -0.1) is 0 Å². The molecule has 3 heteroatoms. The average Bonchev–Trinajstić information content (AvgIpc) is 3.04. The number of hydrogen-bond acceptors (Lipinski definition) is 3. The van der Waals surface area contributed by atoms with Gasteiger partial charge in [-0.05, 0) is 77.9 Å². The standard InChI is InChI=1S/C47H89NO2/c1-37(2)17-11-19-39(5)21-13-23-41(7)25-15-27-43(9)29-31-49-46-33-45(36-48)34-47(35-46)50-32-30-44(10)28-16-26-42(8)24-14-22-40(6)20-12-18-38(3)4/h33-35,37-44H,11-32,36,48H2,1-10H3. The quantitative estimate of drug-likeness (QED) is 0.0794. The molecule has 0 saturated carbocycles. The zero-order chi connectivity index (χ0) is 37.1. The van der Waals surface area contributed by atoms with E-state index in [2.05, 4.69) is 87.4 Å². The van der Waals surface area contributed by atoms with Crippen LogP contribution in [0, 0.1) is 47.3 Å². The first-order chi connectivity index (χ1) is 23.9. The zero-order valence-electron chi connectivity index (χ0n) is 35.5. The molecule has 0 amide bonds. The minimum Gasteiger partial charge on any atom is -0.493 e. The van der Waals surface area contributed by atoms with Crippen LogP contribution < -0.4 is 15.2 Å². The van der Waals surface area contributed by atoms with E-state index in [-0.39, 0.29) is 0 Å². The van der Waals surface area contributed by atoms with Crippen LogP contribution in [0.4, 0.5) is 0 Å². The van der Waals surface area contributed by atoms with Crippen molar-refractivity contribution in [3.05, 3.63) is 23.8 Å². The Bertz CT molecular complexity index is 844. The van der Waals surface area contributed by atoms with E-state index in [9.17, 15) is 0 Å². The fourth-order valence-electron chi connectivity index (χ4n) is 7.55. The van der Waals surface area contributed by atoms with Crippen LogP contribution in [0.1, 0.15) is 203 Å². The van der Waals surface area contributed by atoms with Crippen molar-refractivity contribution in [3.8, 4) is 11.5 Å². The molecule has 0 bridgehead atoms. The maximum atomic E-state index is 6.24. The lowest BCUT2D eigenvalue weighted by Gasteiger charge is -2.17. The number of nitrogens with two attached hydrogens (primary N) is 1. The predicted octanol–water partition coefficient (Wildman–Crippen LogP) is 14.8. The van der Waals surface area contributed by atoms with Crippen LogP contribution in [0.3, 0.4) is 0 Å². The Kier molecular flexibility index (Phi) is 27.4. The van der Waals surface area contributed by atoms with Crippen molar-refractivity contribution in [1.82, 2.24) is 0 Å². The Balaban J connectivity index is 2.22. The van der Waals surface area contributed by atoms with Gasteiger partial charge in [-0.2, -0.15) is 0 Å². The van der Waals surface area contributed by atoms with E-state index >= 15 is 0 Å². The highest BCUT2D eigenvalue weighted by Crippen LogP contribution is 2.27. The molecule has 0 fully saturated rings. The molecule has 6 unspecified atom stereocenters. The van der Waals surface area contributed by atoms with Gasteiger partial charge in [0.15, 0.2) is 0 Å². The molecule has 1 aromatic carbocycles. The number of hydrogen-bond donors (Lipinski definition) is 1. The molecule has 50 heavy (non-hydrogen) atoms. The van der Waals surface area contributed by atoms with E-state index in [1.54, 1.807) is 0 Å². The minimum absolute atomic E-state index is 0.505. The molecular formula is C47H89NO2. The summed E-state index contributed by atoms with van der Waals surface area (Å²) in [6, 6.07) is 6.23. The molecule has 0 aliphatic rings. The van der Waals surface area contributed by atoms with E-state index in [1.165, 1.54) is 116 Å². The van der Waals surface area contributed by atoms with Crippen LogP contribution in [0.25, 0.3) is 0 Å². The fraction of sp³-hybridized carbons (Fsp3) is 0.872. The molecule has 1 rings (SSSR count). The van der Waals surface area contributed by atoms with Crippen molar-refractivity contribution in [2.75, 3.05) is 13.2 Å². The molecule has 1 aromatic rings. The highest BCUT2D eigenvalue weighted by Gasteiger charge is 2.11. The van der Waals surface area contributed by atoms with E-state index < -0.39 is 0 Å². The summed E-state index contributed by atoms with van der Waals surface area (Å²) in [5, 5.41) is 0. The second kappa shape index (κ2) is 29.3. The van der Waals surface area contributed by atoms with Gasteiger partial charge in [0.1, 0.15) is 11.5 Å². The molecule has 0 radical (unpaired) electrons. The zero-order valence-corrected chi connectivity index (χ0v) is 35.5. The van der Waals surface area contributed by atoms with E-state index in [0.717, 1.165) is 78.6 Å². The lowest BCUT2D eigenvalue weighted by Crippen LogP contribution is -2.08. The Labute approximate surface area is 314 Å². The summed E-state index contributed by atoms with van der Waals surface area (Å²) in [5.74, 6) is 8.36. The molecular weight excluding hydrogens is 611 g/mol. The van der Waals surface area contributed by atoms with Crippen LogP contribution >= 0.6 is 0 Å². The topological polar surface area (TPSA) is 44.5 Å². The van der Waals surface area contributed by atoms with Gasteiger partial charge in [-0.25, -0.2) is 0 Å². The first-order valence-corrected chi connectivity index (χ1v) is 22.0. The SMILES string of the molecule is CC(C)CCCC(C)CCCC(C)CCCC(C)CCOc1cc(CN)cc(OCCC(C)CCCC(C)CCCC(C)CCCC(C)C)c1. The van der Waals surface area contributed by atoms with Crippen LogP contribution in [0.15, 0.2) is 18.2 Å². The maximum Gasteiger partial charge on any atom is 0.123 e. The lowest BCUT2D eigenvalue weighted by atomic mass is 9.91. The lowest BCUT2D eigenvalue weighted by molar-refractivity contribution is 0.262. The summed E-state index contributed by atoms with van der Waals surface area (Å²) in [7, 11) is 0. The molecule has 2 N–H and O–H groups in total. The largest absolute Gasteiger partial charge is 0.493 e. The van der Waals surface area contributed by atoms with Crippen molar-refractivity contribution in [2.24, 2.45) is 53.1 Å². The molecule has 0 spiro atoms. The highest BCUT2D eigenvalue weighted by atomic mass is 16.5. The second-order valence-corrected chi connectivity index (χ2v) is 18.3. The van der Waals surface area contributed by atoms with E-state index in [0.29, 0.717) is 18.4 Å². The highest BCUT2D eigenvalue weighted by molar-refractivity contribution is 5.38. The van der Waals surface area contributed by atoms with Gasteiger partial charge in [0.05, 0.1) is 13.2 Å². The number of rotatable bonds is 33. The molecule has 6 atom stereocenters. The monoisotopic (exact) mass is 700 g/mol. The van der Waals surface area contributed by atoms with Crippen molar-refractivity contribution in [2.45, 2.75) is 204 Å². The Morgan fingerprint density at radius 3 is 0.900 bits per heavy atom. The fourth-order valence-corrected chi connectivity index (χ4v) is 7.55. The van der Waals surface area contributed by atoms with Crippen LogP contribution in [0.2, 0.25) is 0 Å². The van der Waals surface area contributed by atoms with Crippen molar-refractivity contribution in [1.29, 1.82) is 0 Å². The van der Waals surface area contributed by atoms with Crippen molar-refractivity contribution >= 4 is 0 Å². The van der Waals surface area contributed by atoms with Crippen LogP contribution in [0.5, 0.6) is 11.5 Å². The third-order valence-electron chi connectivity index (χ3n) is 11.5. The molecule has 0 aliphatic carbocycles. The van der Waals surface area contributed by atoms with Crippen molar-refractivity contribution in [3.63, 3.8) is 0 Å². The first-order valence-electron chi connectivity index (χ1n) is 22.0. The second-order valence-electron chi connectivity index (χ2n) is 18.3. The summed E-state index contributed by atoms with van der Waals surface area (Å²) in [6.45, 7) is 26.0. The summed E-state index contributed by atoms with van der Waals surface area (Å²) < 4.78 is 12.5. The molecule has 294 valence electrons. The van der Waals surface area contributed by atoms with Gasteiger partial charge in [-0.1, -0.05) is 185 Å².